The maximum absolute atomic E-state index is 12.2. The minimum absolute atomic E-state index is 0.0228. The van der Waals surface area contributed by atoms with Crippen LogP contribution in [0.2, 0.25) is 0 Å². The number of benzene rings is 5. The highest BCUT2D eigenvalue weighted by Gasteiger charge is 2.01. The van der Waals surface area contributed by atoms with Crippen LogP contribution in [0.25, 0.3) is 12.2 Å². The van der Waals surface area contributed by atoms with Gasteiger partial charge in [0.15, 0.2) is 11.6 Å². The molecule has 0 aliphatic heterocycles. The van der Waals surface area contributed by atoms with Crippen LogP contribution in [0.3, 0.4) is 0 Å². The summed E-state index contributed by atoms with van der Waals surface area (Å²) in [6.45, 7) is 0. The van der Waals surface area contributed by atoms with E-state index in [4.69, 9.17) is 0 Å². The van der Waals surface area contributed by atoms with Crippen LogP contribution in [0.5, 0.6) is 0 Å². The van der Waals surface area contributed by atoms with E-state index in [9.17, 15) is 9.59 Å². The van der Waals surface area contributed by atoms with Crippen molar-refractivity contribution < 1.29 is 9.59 Å². The van der Waals surface area contributed by atoms with Gasteiger partial charge in [0.25, 0.3) is 0 Å². The van der Waals surface area contributed by atoms with Crippen molar-refractivity contribution in [1.82, 2.24) is 0 Å². The summed E-state index contributed by atoms with van der Waals surface area (Å²) in [4.78, 5) is 33.6. The van der Waals surface area contributed by atoms with Gasteiger partial charge < -0.3 is 0 Å². The molecule has 0 radical (unpaired) electrons. The minimum atomic E-state index is -0.0228. The zero-order valence-electron chi connectivity index (χ0n) is 22.9. The van der Waals surface area contributed by atoms with E-state index in [1.54, 1.807) is 36.4 Å². The molecular weight excluding hydrogens is 516 g/mol. The number of carbonyl (C=O) groups excluding carboxylic acids is 2. The molecule has 5 rings (SSSR count). The molecular formula is C38H28N2O2. The number of carbonyl (C=O) groups is 2. The van der Waals surface area contributed by atoms with Gasteiger partial charge in [0.1, 0.15) is 0 Å². The molecule has 5 aromatic rings. The van der Waals surface area contributed by atoms with E-state index in [1.807, 2.05) is 134 Å². The molecule has 5 aromatic carbocycles. The van der Waals surface area contributed by atoms with Gasteiger partial charge in [0, 0.05) is 23.6 Å². The Kier molecular flexibility index (Phi) is 9.31. The number of ketones is 2. The Labute approximate surface area is 245 Å². The quantitative estimate of drug-likeness (QED) is 0.100. The van der Waals surface area contributed by atoms with Crippen molar-refractivity contribution in [2.24, 2.45) is 9.98 Å². The fraction of sp³-hybridized carbons (Fsp3) is 0. The topological polar surface area (TPSA) is 58.9 Å². The molecule has 0 aromatic heterocycles. The fourth-order valence-electron chi connectivity index (χ4n) is 4.05. The summed E-state index contributed by atoms with van der Waals surface area (Å²) in [5.74, 6) is -0.0455. The number of hydrogen-bond acceptors (Lipinski definition) is 4. The van der Waals surface area contributed by atoms with Crippen molar-refractivity contribution in [3.05, 3.63) is 179 Å². The number of nitrogens with zero attached hydrogens (tertiary/aromatic N) is 2. The molecule has 4 nitrogen and oxygen atoms in total. The second-order valence-electron chi connectivity index (χ2n) is 9.49. The van der Waals surface area contributed by atoms with E-state index in [2.05, 4.69) is 9.98 Å². The first-order valence-electron chi connectivity index (χ1n) is 13.6. The lowest BCUT2D eigenvalue weighted by Gasteiger charge is -1.99. The lowest BCUT2D eigenvalue weighted by atomic mass is 10.1. The molecule has 0 fully saturated rings. The van der Waals surface area contributed by atoms with Gasteiger partial charge in [-0.25, -0.2) is 0 Å². The van der Waals surface area contributed by atoms with E-state index in [0.29, 0.717) is 11.1 Å². The average molecular weight is 545 g/mol. The highest BCUT2D eigenvalue weighted by molar-refractivity contribution is 6.07. The number of aliphatic imine (C=N–C) groups is 2. The molecule has 0 spiro atoms. The van der Waals surface area contributed by atoms with Crippen molar-refractivity contribution in [3.63, 3.8) is 0 Å². The van der Waals surface area contributed by atoms with Crippen LogP contribution < -0.4 is 0 Å². The molecule has 0 saturated heterocycles. The first-order chi connectivity index (χ1) is 20.6. The fourth-order valence-corrected chi connectivity index (χ4v) is 4.05. The maximum atomic E-state index is 12.2. The van der Waals surface area contributed by atoms with Gasteiger partial charge in [-0.15, -0.1) is 0 Å². The second kappa shape index (κ2) is 14.1. The van der Waals surface area contributed by atoms with Gasteiger partial charge in [-0.05, 0) is 58.7 Å². The smallest absolute Gasteiger partial charge is 0.185 e. The van der Waals surface area contributed by atoms with Crippen LogP contribution >= 0.6 is 0 Å². The van der Waals surface area contributed by atoms with E-state index in [0.717, 1.165) is 33.6 Å². The molecule has 0 saturated carbocycles. The van der Waals surface area contributed by atoms with Crippen LogP contribution in [0, 0.1) is 0 Å². The molecule has 0 unspecified atom stereocenters. The number of allylic oxidation sites excluding steroid dienone is 2. The van der Waals surface area contributed by atoms with Crippen LogP contribution in [0.1, 0.15) is 43.0 Å². The zero-order valence-corrected chi connectivity index (χ0v) is 22.9. The van der Waals surface area contributed by atoms with Gasteiger partial charge in [-0.3, -0.25) is 19.6 Å². The van der Waals surface area contributed by atoms with Crippen molar-refractivity contribution in [3.8, 4) is 0 Å². The summed E-state index contributed by atoms with van der Waals surface area (Å²) in [5, 5.41) is 0. The van der Waals surface area contributed by atoms with Crippen molar-refractivity contribution >= 4 is 47.5 Å². The lowest BCUT2D eigenvalue weighted by molar-refractivity contribution is 0.103. The normalized spacial score (nSPS) is 11.6. The summed E-state index contributed by atoms with van der Waals surface area (Å²) < 4.78 is 0. The van der Waals surface area contributed by atoms with E-state index in [1.165, 1.54) is 0 Å². The SMILES string of the molecule is O=C(C=Cc1ccc(N=Cc2ccc(C=Nc3ccc(C=CC(=O)c4ccccc4)cc3)cc2)cc1)c1ccccc1. The molecule has 0 bridgehead atoms. The van der Waals surface area contributed by atoms with Gasteiger partial charge in [-0.1, -0.05) is 121 Å². The highest BCUT2D eigenvalue weighted by atomic mass is 16.1. The average Bonchev–Trinajstić information content (AvgIpc) is 3.06. The molecule has 42 heavy (non-hydrogen) atoms. The van der Waals surface area contributed by atoms with Gasteiger partial charge in [-0.2, -0.15) is 0 Å². The van der Waals surface area contributed by atoms with Crippen molar-refractivity contribution in [2.75, 3.05) is 0 Å². The second-order valence-corrected chi connectivity index (χ2v) is 9.49. The first-order valence-corrected chi connectivity index (χ1v) is 13.6. The first kappa shape index (κ1) is 27.8. The molecule has 0 N–H and O–H groups in total. The third-order valence-corrected chi connectivity index (χ3v) is 6.42. The van der Waals surface area contributed by atoms with Crippen LogP contribution in [0.4, 0.5) is 11.4 Å². The monoisotopic (exact) mass is 544 g/mol. The summed E-state index contributed by atoms with van der Waals surface area (Å²) >= 11 is 0. The Morgan fingerprint density at radius 2 is 0.738 bits per heavy atom. The summed E-state index contributed by atoms with van der Waals surface area (Å²) in [5.41, 5.74) is 6.83. The Morgan fingerprint density at radius 1 is 0.405 bits per heavy atom. The Hall–Kier alpha value is -5.74. The number of hydrogen-bond donors (Lipinski definition) is 0. The van der Waals surface area contributed by atoms with Gasteiger partial charge in [0.2, 0.25) is 0 Å². The molecule has 0 atom stereocenters. The Bertz CT molecular complexity index is 1610. The molecule has 0 heterocycles. The van der Waals surface area contributed by atoms with E-state index >= 15 is 0 Å². The van der Waals surface area contributed by atoms with E-state index in [-0.39, 0.29) is 11.6 Å². The van der Waals surface area contributed by atoms with Crippen LogP contribution in [-0.4, -0.2) is 24.0 Å². The Morgan fingerprint density at radius 3 is 1.10 bits per heavy atom. The molecule has 0 amide bonds. The van der Waals surface area contributed by atoms with Crippen LogP contribution in [-0.2, 0) is 0 Å². The largest absolute Gasteiger partial charge is 0.289 e. The van der Waals surface area contributed by atoms with Crippen molar-refractivity contribution in [1.29, 1.82) is 0 Å². The standard InChI is InChI=1S/C38H28N2O2/c41-37(33-7-3-1-4-8-33)25-19-29-15-21-35(22-16-29)39-27-31-11-13-32(14-12-31)28-40-36-23-17-30(18-24-36)20-26-38(42)34-9-5-2-6-10-34/h1-28H. The van der Waals surface area contributed by atoms with Gasteiger partial charge in [0.05, 0.1) is 11.4 Å². The molecule has 0 aliphatic rings. The summed E-state index contributed by atoms with van der Waals surface area (Å²) in [6.07, 6.45) is 10.4. The van der Waals surface area contributed by atoms with E-state index < -0.39 is 0 Å². The third-order valence-electron chi connectivity index (χ3n) is 6.42. The maximum Gasteiger partial charge on any atom is 0.185 e. The predicted octanol–water partition coefficient (Wildman–Crippen LogP) is 8.98. The molecule has 0 aliphatic carbocycles. The highest BCUT2D eigenvalue weighted by Crippen LogP contribution is 2.17. The molecule has 202 valence electrons. The summed E-state index contributed by atoms with van der Waals surface area (Å²) in [6, 6.07) is 41.9. The number of rotatable bonds is 10. The van der Waals surface area contributed by atoms with Crippen LogP contribution in [0.15, 0.2) is 156 Å². The third kappa shape index (κ3) is 8.13. The Balaban J connectivity index is 1.12. The predicted molar refractivity (Wildman–Crippen MR) is 173 cm³/mol. The minimum Gasteiger partial charge on any atom is -0.289 e. The summed E-state index contributed by atoms with van der Waals surface area (Å²) in [7, 11) is 0. The van der Waals surface area contributed by atoms with Crippen molar-refractivity contribution in [2.45, 2.75) is 0 Å². The lowest BCUT2D eigenvalue weighted by Crippen LogP contribution is -1.92. The molecule has 4 heteroatoms. The van der Waals surface area contributed by atoms with Gasteiger partial charge >= 0.3 is 0 Å². The zero-order chi connectivity index (χ0) is 29.0.